The second-order valence-corrected chi connectivity index (χ2v) is 6.33. The van der Waals surface area contributed by atoms with Crippen LogP contribution in [0.3, 0.4) is 0 Å². The van der Waals surface area contributed by atoms with E-state index in [1.54, 1.807) is 7.11 Å². The van der Waals surface area contributed by atoms with Crippen molar-refractivity contribution in [3.8, 4) is 0 Å². The molecule has 1 saturated carbocycles. The minimum absolute atomic E-state index is 0.0691. The Hall–Kier alpha value is -1.69. The first-order chi connectivity index (χ1) is 10.6. The first kappa shape index (κ1) is 15.2. The SMILES string of the molecule is COCc1nc(C)cc(N2CC3CCCC3(C(=O)OC)C2)n1. The summed E-state index contributed by atoms with van der Waals surface area (Å²) in [7, 11) is 3.12. The van der Waals surface area contributed by atoms with Crippen LogP contribution in [0.5, 0.6) is 0 Å². The van der Waals surface area contributed by atoms with Crippen molar-refractivity contribution in [2.24, 2.45) is 11.3 Å². The average molecular weight is 305 g/mol. The predicted molar refractivity (Wildman–Crippen MR) is 81.5 cm³/mol. The summed E-state index contributed by atoms with van der Waals surface area (Å²) in [6.45, 7) is 3.90. The van der Waals surface area contributed by atoms with Crippen LogP contribution in [0.1, 0.15) is 30.8 Å². The van der Waals surface area contributed by atoms with Crippen molar-refractivity contribution in [2.75, 3.05) is 32.2 Å². The van der Waals surface area contributed by atoms with Gasteiger partial charge in [-0.25, -0.2) is 9.97 Å². The molecular weight excluding hydrogens is 282 g/mol. The molecule has 0 amide bonds. The Kier molecular flexibility index (Phi) is 4.04. The molecule has 2 aliphatic rings. The highest BCUT2D eigenvalue weighted by atomic mass is 16.5. The molecule has 120 valence electrons. The molecule has 1 aliphatic heterocycles. The normalized spacial score (nSPS) is 27.0. The van der Waals surface area contributed by atoms with E-state index in [2.05, 4.69) is 14.9 Å². The van der Waals surface area contributed by atoms with Gasteiger partial charge in [0.15, 0.2) is 5.82 Å². The van der Waals surface area contributed by atoms with E-state index in [9.17, 15) is 4.79 Å². The maximum absolute atomic E-state index is 12.3. The summed E-state index contributed by atoms with van der Waals surface area (Å²) in [5.74, 6) is 1.86. The lowest BCUT2D eigenvalue weighted by molar-refractivity contribution is -0.152. The Balaban J connectivity index is 1.87. The van der Waals surface area contributed by atoms with E-state index < -0.39 is 0 Å². The van der Waals surface area contributed by atoms with Crippen molar-refractivity contribution in [1.29, 1.82) is 0 Å². The lowest BCUT2D eigenvalue weighted by Gasteiger charge is -2.25. The molecule has 0 aromatic carbocycles. The van der Waals surface area contributed by atoms with Crippen LogP contribution in [-0.4, -0.2) is 43.2 Å². The lowest BCUT2D eigenvalue weighted by Crippen LogP contribution is -2.37. The van der Waals surface area contributed by atoms with Gasteiger partial charge in [0.1, 0.15) is 12.4 Å². The van der Waals surface area contributed by atoms with Gasteiger partial charge in [-0.1, -0.05) is 6.42 Å². The van der Waals surface area contributed by atoms with Crippen LogP contribution in [0.15, 0.2) is 6.07 Å². The molecule has 6 nitrogen and oxygen atoms in total. The van der Waals surface area contributed by atoms with Gasteiger partial charge in [-0.05, 0) is 25.7 Å². The Morgan fingerprint density at radius 3 is 3.00 bits per heavy atom. The van der Waals surface area contributed by atoms with Crippen molar-refractivity contribution in [1.82, 2.24) is 9.97 Å². The van der Waals surface area contributed by atoms with Crippen LogP contribution >= 0.6 is 0 Å². The molecule has 1 aliphatic carbocycles. The second-order valence-electron chi connectivity index (χ2n) is 6.33. The average Bonchev–Trinajstić information content (AvgIpc) is 3.04. The maximum Gasteiger partial charge on any atom is 0.313 e. The third kappa shape index (κ3) is 2.45. The molecule has 6 heteroatoms. The van der Waals surface area contributed by atoms with Gasteiger partial charge in [0.2, 0.25) is 0 Å². The van der Waals surface area contributed by atoms with Gasteiger partial charge in [0.05, 0.1) is 12.5 Å². The van der Waals surface area contributed by atoms with Crippen LogP contribution < -0.4 is 4.90 Å². The van der Waals surface area contributed by atoms with E-state index in [1.807, 2.05) is 13.0 Å². The number of hydrogen-bond acceptors (Lipinski definition) is 6. The highest BCUT2D eigenvalue weighted by molar-refractivity contribution is 5.79. The van der Waals surface area contributed by atoms with Gasteiger partial charge in [-0.15, -0.1) is 0 Å². The summed E-state index contributed by atoms with van der Waals surface area (Å²) < 4.78 is 10.2. The minimum atomic E-state index is -0.352. The van der Waals surface area contributed by atoms with Crippen LogP contribution in [0.4, 0.5) is 5.82 Å². The predicted octanol–water partition coefficient (Wildman–Crippen LogP) is 1.71. The van der Waals surface area contributed by atoms with E-state index in [-0.39, 0.29) is 11.4 Å². The number of nitrogens with zero attached hydrogens (tertiary/aromatic N) is 3. The van der Waals surface area contributed by atoms with Gasteiger partial charge >= 0.3 is 5.97 Å². The smallest absolute Gasteiger partial charge is 0.313 e. The fraction of sp³-hybridized carbons (Fsp3) is 0.688. The number of carbonyl (C=O) groups excluding carboxylic acids is 1. The first-order valence-electron chi connectivity index (χ1n) is 7.76. The molecule has 2 atom stereocenters. The molecule has 0 spiro atoms. The number of hydrogen-bond donors (Lipinski definition) is 0. The molecule has 1 aromatic rings. The molecular formula is C16H23N3O3. The van der Waals surface area contributed by atoms with E-state index in [0.717, 1.165) is 37.3 Å². The third-order valence-electron chi connectivity index (χ3n) is 4.95. The van der Waals surface area contributed by atoms with Crippen molar-refractivity contribution in [3.63, 3.8) is 0 Å². The van der Waals surface area contributed by atoms with Crippen molar-refractivity contribution in [3.05, 3.63) is 17.6 Å². The van der Waals surface area contributed by atoms with Crippen molar-refractivity contribution < 1.29 is 14.3 Å². The number of fused-ring (bicyclic) bond motifs is 1. The number of carbonyl (C=O) groups is 1. The van der Waals surface area contributed by atoms with Gasteiger partial charge in [-0.3, -0.25) is 4.79 Å². The van der Waals surface area contributed by atoms with E-state index in [1.165, 1.54) is 7.11 Å². The zero-order valence-corrected chi connectivity index (χ0v) is 13.5. The number of aromatic nitrogens is 2. The summed E-state index contributed by atoms with van der Waals surface area (Å²) in [6, 6.07) is 1.98. The summed E-state index contributed by atoms with van der Waals surface area (Å²) in [4.78, 5) is 23.5. The fourth-order valence-corrected chi connectivity index (χ4v) is 3.97. The minimum Gasteiger partial charge on any atom is -0.469 e. The molecule has 3 rings (SSSR count). The maximum atomic E-state index is 12.3. The summed E-state index contributed by atoms with van der Waals surface area (Å²) in [6.07, 6.45) is 3.10. The largest absolute Gasteiger partial charge is 0.469 e. The number of methoxy groups -OCH3 is 2. The molecule has 0 radical (unpaired) electrons. The molecule has 1 saturated heterocycles. The molecule has 2 fully saturated rings. The van der Waals surface area contributed by atoms with Crippen molar-refractivity contribution >= 4 is 11.8 Å². The number of esters is 1. The van der Waals surface area contributed by atoms with Gasteiger partial charge in [-0.2, -0.15) is 0 Å². The summed E-state index contributed by atoms with van der Waals surface area (Å²) in [5.41, 5.74) is 0.566. The van der Waals surface area contributed by atoms with Gasteiger partial charge in [0, 0.05) is 32.0 Å². The molecule has 2 heterocycles. The standard InChI is InChI=1S/C16H23N3O3/c1-11-7-14(18-13(17-11)9-21-2)19-8-12-5-4-6-16(12,10-19)15(20)22-3/h7,12H,4-6,8-10H2,1-3H3. The van der Waals surface area contributed by atoms with E-state index >= 15 is 0 Å². The Morgan fingerprint density at radius 1 is 1.45 bits per heavy atom. The van der Waals surface area contributed by atoms with Crippen LogP contribution in [0.2, 0.25) is 0 Å². The summed E-state index contributed by atoms with van der Waals surface area (Å²) >= 11 is 0. The third-order valence-corrected chi connectivity index (χ3v) is 4.95. The highest BCUT2D eigenvalue weighted by Gasteiger charge is 2.55. The quantitative estimate of drug-likeness (QED) is 0.789. The number of rotatable bonds is 4. The lowest BCUT2D eigenvalue weighted by atomic mass is 9.81. The molecule has 22 heavy (non-hydrogen) atoms. The zero-order chi connectivity index (χ0) is 15.7. The van der Waals surface area contributed by atoms with Crippen LogP contribution in [0, 0.1) is 18.3 Å². The number of ether oxygens (including phenoxy) is 2. The molecule has 2 unspecified atom stereocenters. The van der Waals surface area contributed by atoms with Crippen LogP contribution in [0.25, 0.3) is 0 Å². The monoisotopic (exact) mass is 305 g/mol. The molecule has 0 N–H and O–H groups in total. The highest BCUT2D eigenvalue weighted by Crippen LogP contribution is 2.50. The number of aryl methyl sites for hydroxylation is 1. The Bertz CT molecular complexity index is 578. The number of anilines is 1. The van der Waals surface area contributed by atoms with Crippen molar-refractivity contribution in [2.45, 2.75) is 32.8 Å². The topological polar surface area (TPSA) is 64.5 Å². The molecule has 1 aromatic heterocycles. The van der Waals surface area contributed by atoms with E-state index in [0.29, 0.717) is 24.9 Å². The van der Waals surface area contributed by atoms with E-state index in [4.69, 9.17) is 9.47 Å². The molecule has 0 bridgehead atoms. The Labute approximate surface area is 130 Å². The Morgan fingerprint density at radius 2 is 2.27 bits per heavy atom. The fourth-order valence-electron chi connectivity index (χ4n) is 3.97. The van der Waals surface area contributed by atoms with Gasteiger partial charge in [0.25, 0.3) is 0 Å². The first-order valence-corrected chi connectivity index (χ1v) is 7.76. The van der Waals surface area contributed by atoms with Crippen LogP contribution in [-0.2, 0) is 20.9 Å². The second kappa shape index (κ2) is 5.83. The van der Waals surface area contributed by atoms with Gasteiger partial charge < -0.3 is 14.4 Å². The summed E-state index contributed by atoms with van der Waals surface area (Å²) in [5, 5.41) is 0. The zero-order valence-electron chi connectivity index (χ0n) is 13.5.